The summed E-state index contributed by atoms with van der Waals surface area (Å²) >= 11 is 0. The van der Waals surface area contributed by atoms with Crippen LogP contribution in [0.5, 0.6) is 0 Å². The van der Waals surface area contributed by atoms with Crippen molar-refractivity contribution in [3.05, 3.63) is 0 Å². The van der Waals surface area contributed by atoms with Gasteiger partial charge >= 0.3 is 0 Å². The van der Waals surface area contributed by atoms with Gasteiger partial charge < -0.3 is 4.52 Å². The monoisotopic (exact) mass is 202 g/mol. The van der Waals surface area contributed by atoms with Crippen LogP contribution in [0.15, 0.2) is 0 Å². The standard InChI is InChI=1S/C9H15O3P/c1-4-5-6-7-9(10)8-13(3,11)12-2/h6-8H2,1-3H3. The van der Waals surface area contributed by atoms with Crippen LogP contribution in [-0.4, -0.2) is 25.7 Å². The van der Waals surface area contributed by atoms with Gasteiger partial charge in [0.2, 0.25) is 7.37 Å². The molecule has 0 radical (unpaired) electrons. The maximum atomic E-state index is 11.3. The molecular formula is C9H15O3P. The number of Topliss-reactive ketones (excluding diaryl/α,β-unsaturated/α-hetero) is 1. The second-order valence-electron chi connectivity index (χ2n) is 2.82. The summed E-state index contributed by atoms with van der Waals surface area (Å²) in [5.74, 6) is 5.43. The summed E-state index contributed by atoms with van der Waals surface area (Å²) in [6.07, 6.45) is 0.927. The van der Waals surface area contributed by atoms with Crippen LogP contribution in [0.3, 0.4) is 0 Å². The minimum absolute atomic E-state index is 0.0227. The van der Waals surface area contributed by atoms with Crippen molar-refractivity contribution in [1.29, 1.82) is 0 Å². The van der Waals surface area contributed by atoms with Crippen LogP contribution in [0.4, 0.5) is 0 Å². The van der Waals surface area contributed by atoms with Crippen LogP contribution in [-0.2, 0) is 13.9 Å². The summed E-state index contributed by atoms with van der Waals surface area (Å²) in [6.45, 7) is 3.20. The molecular weight excluding hydrogens is 187 g/mol. The van der Waals surface area contributed by atoms with Crippen molar-refractivity contribution in [2.24, 2.45) is 0 Å². The van der Waals surface area contributed by atoms with E-state index in [4.69, 9.17) is 4.52 Å². The second-order valence-corrected chi connectivity index (χ2v) is 5.53. The smallest absolute Gasteiger partial charge is 0.207 e. The first kappa shape index (κ1) is 12.4. The maximum absolute atomic E-state index is 11.3. The zero-order valence-electron chi connectivity index (χ0n) is 8.29. The Balaban J connectivity index is 3.86. The van der Waals surface area contributed by atoms with Crippen LogP contribution in [0.25, 0.3) is 0 Å². The topological polar surface area (TPSA) is 43.4 Å². The van der Waals surface area contributed by atoms with Crippen molar-refractivity contribution in [1.82, 2.24) is 0 Å². The SMILES string of the molecule is CC#CCCC(=O)CP(C)(=O)OC. The Morgan fingerprint density at radius 3 is 2.62 bits per heavy atom. The third kappa shape index (κ3) is 6.57. The molecule has 1 atom stereocenters. The normalized spacial score (nSPS) is 14.1. The predicted molar refractivity (Wildman–Crippen MR) is 53.1 cm³/mol. The van der Waals surface area contributed by atoms with E-state index >= 15 is 0 Å². The summed E-state index contributed by atoms with van der Waals surface area (Å²) in [7, 11) is -1.31. The van der Waals surface area contributed by atoms with E-state index in [2.05, 4.69) is 11.8 Å². The molecule has 0 aromatic heterocycles. The fraction of sp³-hybridized carbons (Fsp3) is 0.667. The van der Waals surface area contributed by atoms with Gasteiger partial charge in [-0.25, -0.2) is 0 Å². The number of carbonyl (C=O) groups is 1. The Morgan fingerprint density at radius 1 is 1.54 bits per heavy atom. The van der Waals surface area contributed by atoms with Gasteiger partial charge in [-0.15, -0.1) is 11.8 Å². The zero-order valence-corrected chi connectivity index (χ0v) is 9.19. The highest BCUT2D eigenvalue weighted by atomic mass is 31.2. The van der Waals surface area contributed by atoms with Crippen molar-refractivity contribution in [2.75, 3.05) is 19.9 Å². The lowest BCUT2D eigenvalue weighted by Gasteiger charge is -2.07. The molecule has 0 amide bonds. The highest BCUT2D eigenvalue weighted by Gasteiger charge is 2.18. The summed E-state index contributed by atoms with van der Waals surface area (Å²) in [6, 6.07) is 0. The van der Waals surface area contributed by atoms with Gasteiger partial charge in [-0.1, -0.05) is 0 Å². The second kappa shape index (κ2) is 5.96. The quantitative estimate of drug-likeness (QED) is 0.505. The van der Waals surface area contributed by atoms with E-state index in [0.717, 1.165) is 0 Å². The molecule has 74 valence electrons. The van der Waals surface area contributed by atoms with Crippen molar-refractivity contribution < 1.29 is 13.9 Å². The zero-order chi connectivity index (χ0) is 10.3. The minimum atomic E-state index is -2.68. The molecule has 0 bridgehead atoms. The van der Waals surface area contributed by atoms with E-state index in [1.54, 1.807) is 6.92 Å². The summed E-state index contributed by atoms with van der Waals surface area (Å²) in [5, 5.41) is 0. The molecule has 0 heterocycles. The maximum Gasteiger partial charge on any atom is 0.207 e. The lowest BCUT2D eigenvalue weighted by atomic mass is 10.2. The van der Waals surface area contributed by atoms with Gasteiger partial charge in [-0.2, -0.15) is 0 Å². The third-order valence-corrected chi connectivity index (χ3v) is 3.25. The molecule has 0 aromatic carbocycles. The van der Waals surface area contributed by atoms with E-state index in [1.165, 1.54) is 13.8 Å². The molecule has 13 heavy (non-hydrogen) atoms. The van der Waals surface area contributed by atoms with E-state index in [1.807, 2.05) is 0 Å². The van der Waals surface area contributed by atoms with Crippen molar-refractivity contribution in [3.8, 4) is 11.8 Å². The number of hydrogen-bond acceptors (Lipinski definition) is 3. The van der Waals surface area contributed by atoms with Crippen LogP contribution in [0.1, 0.15) is 19.8 Å². The number of hydrogen-bond donors (Lipinski definition) is 0. The van der Waals surface area contributed by atoms with Crippen molar-refractivity contribution >= 4 is 13.2 Å². The van der Waals surface area contributed by atoms with Crippen LogP contribution < -0.4 is 0 Å². The first-order valence-electron chi connectivity index (χ1n) is 4.05. The summed E-state index contributed by atoms with van der Waals surface area (Å²) in [4.78, 5) is 11.2. The number of ketones is 1. The fourth-order valence-corrected chi connectivity index (χ4v) is 1.72. The molecule has 0 aromatic rings. The molecule has 0 aliphatic rings. The summed E-state index contributed by atoms with van der Waals surface area (Å²) in [5.41, 5.74) is 0. The van der Waals surface area contributed by atoms with Gasteiger partial charge in [-0.3, -0.25) is 9.36 Å². The molecule has 0 saturated heterocycles. The predicted octanol–water partition coefficient (Wildman–Crippen LogP) is 1.91. The van der Waals surface area contributed by atoms with Crippen molar-refractivity contribution in [2.45, 2.75) is 19.8 Å². The minimum Gasteiger partial charge on any atom is -0.332 e. The van der Waals surface area contributed by atoms with Gasteiger partial charge in [-0.05, 0) is 6.92 Å². The van der Waals surface area contributed by atoms with Crippen molar-refractivity contribution in [3.63, 3.8) is 0 Å². The molecule has 1 unspecified atom stereocenters. The molecule has 3 nitrogen and oxygen atoms in total. The molecule has 0 aliphatic carbocycles. The molecule has 0 spiro atoms. The first-order valence-corrected chi connectivity index (χ1v) is 6.31. The Morgan fingerprint density at radius 2 is 2.15 bits per heavy atom. The Kier molecular flexibility index (Phi) is 5.70. The lowest BCUT2D eigenvalue weighted by molar-refractivity contribution is -0.116. The molecule has 0 fully saturated rings. The fourth-order valence-electron chi connectivity index (χ4n) is 0.791. The Bertz CT molecular complexity index is 272. The van der Waals surface area contributed by atoms with Gasteiger partial charge in [0.25, 0.3) is 0 Å². The van der Waals surface area contributed by atoms with E-state index in [9.17, 15) is 9.36 Å². The van der Waals surface area contributed by atoms with E-state index < -0.39 is 7.37 Å². The first-order chi connectivity index (χ1) is 6.02. The number of rotatable bonds is 5. The van der Waals surface area contributed by atoms with Gasteiger partial charge in [0.05, 0.1) is 6.16 Å². The van der Waals surface area contributed by atoms with Crippen LogP contribution in [0, 0.1) is 11.8 Å². The van der Waals surface area contributed by atoms with E-state index in [-0.39, 0.29) is 11.9 Å². The van der Waals surface area contributed by atoms with Gasteiger partial charge in [0.1, 0.15) is 5.78 Å². The molecule has 4 heteroatoms. The highest BCUT2D eigenvalue weighted by Crippen LogP contribution is 2.41. The van der Waals surface area contributed by atoms with Gasteiger partial charge in [0, 0.05) is 26.6 Å². The average Bonchev–Trinajstić information content (AvgIpc) is 2.04. The van der Waals surface area contributed by atoms with Crippen LogP contribution >= 0.6 is 7.37 Å². The highest BCUT2D eigenvalue weighted by molar-refractivity contribution is 7.59. The lowest BCUT2D eigenvalue weighted by Crippen LogP contribution is -2.05. The molecule has 0 rings (SSSR count). The summed E-state index contributed by atoms with van der Waals surface area (Å²) < 4.78 is 16.1. The molecule has 0 saturated carbocycles. The third-order valence-electron chi connectivity index (χ3n) is 1.56. The largest absolute Gasteiger partial charge is 0.332 e. The Labute approximate surface area is 79.3 Å². The average molecular weight is 202 g/mol. The Hall–Kier alpha value is -0.580. The van der Waals surface area contributed by atoms with Crippen LogP contribution in [0.2, 0.25) is 0 Å². The number of carbonyl (C=O) groups excluding carboxylic acids is 1. The molecule has 0 N–H and O–H groups in total. The molecule has 0 aliphatic heterocycles. The van der Waals surface area contributed by atoms with E-state index in [0.29, 0.717) is 12.8 Å². The van der Waals surface area contributed by atoms with Gasteiger partial charge in [0.15, 0.2) is 0 Å².